The molecule has 17 heavy (non-hydrogen) atoms. The zero-order chi connectivity index (χ0) is 12.1. The molecule has 0 spiro atoms. The summed E-state index contributed by atoms with van der Waals surface area (Å²) in [6.45, 7) is 0.904. The van der Waals surface area contributed by atoms with Crippen molar-refractivity contribution in [1.82, 2.24) is 5.32 Å². The second-order valence-electron chi connectivity index (χ2n) is 4.50. The van der Waals surface area contributed by atoms with Crippen molar-refractivity contribution in [2.24, 2.45) is 0 Å². The molecule has 1 aromatic carbocycles. The molecule has 94 valence electrons. The lowest BCUT2D eigenvalue weighted by molar-refractivity contribution is 0.0808. The molecule has 0 bridgehead atoms. The van der Waals surface area contributed by atoms with Gasteiger partial charge in [0.2, 0.25) is 0 Å². The van der Waals surface area contributed by atoms with Crippen LogP contribution in [-0.2, 0) is 11.2 Å². The summed E-state index contributed by atoms with van der Waals surface area (Å²) in [5.74, 6) is 0.921. The second kappa shape index (κ2) is 6.03. The van der Waals surface area contributed by atoms with E-state index in [1.54, 1.807) is 7.11 Å². The Kier molecular flexibility index (Phi) is 4.40. The van der Waals surface area contributed by atoms with Gasteiger partial charge in [-0.15, -0.1) is 0 Å². The summed E-state index contributed by atoms with van der Waals surface area (Å²) in [5.41, 5.74) is 1.29. The first-order valence-electron chi connectivity index (χ1n) is 6.25. The zero-order valence-electron chi connectivity index (χ0n) is 10.6. The number of hydrogen-bond donors (Lipinski definition) is 1. The molecule has 0 saturated carbocycles. The van der Waals surface area contributed by atoms with Crippen molar-refractivity contribution in [3.05, 3.63) is 29.8 Å². The summed E-state index contributed by atoms with van der Waals surface area (Å²) < 4.78 is 11.0. The minimum Gasteiger partial charge on any atom is -0.497 e. The molecular weight excluding hydrogens is 214 g/mol. The van der Waals surface area contributed by atoms with Gasteiger partial charge < -0.3 is 14.8 Å². The van der Waals surface area contributed by atoms with Gasteiger partial charge in [-0.3, -0.25) is 0 Å². The number of benzene rings is 1. The third kappa shape index (κ3) is 3.20. The van der Waals surface area contributed by atoms with Crippen LogP contribution in [0.1, 0.15) is 18.4 Å². The van der Waals surface area contributed by atoms with Crippen molar-refractivity contribution >= 4 is 0 Å². The Labute approximate surface area is 103 Å². The average Bonchev–Trinajstić information content (AvgIpc) is 2.90. The van der Waals surface area contributed by atoms with Gasteiger partial charge >= 0.3 is 0 Å². The highest BCUT2D eigenvalue weighted by Crippen LogP contribution is 2.20. The smallest absolute Gasteiger partial charge is 0.119 e. The Bertz CT molecular complexity index is 348. The predicted octanol–water partition coefficient (Wildman–Crippen LogP) is 2.00. The summed E-state index contributed by atoms with van der Waals surface area (Å²) in [7, 11) is 3.71. The SMILES string of the molecule is CNC(Cc1cccc(OC)c1)C1CCCO1. The number of likely N-dealkylation sites (N-methyl/N-ethyl adjacent to an activating group) is 1. The van der Waals surface area contributed by atoms with Crippen LogP contribution >= 0.6 is 0 Å². The minimum absolute atomic E-state index is 0.353. The van der Waals surface area contributed by atoms with Crippen LogP contribution in [0, 0.1) is 0 Å². The van der Waals surface area contributed by atoms with Crippen molar-refractivity contribution in [1.29, 1.82) is 0 Å². The first kappa shape index (κ1) is 12.4. The lowest BCUT2D eigenvalue weighted by Gasteiger charge is -2.22. The molecule has 0 amide bonds. The van der Waals surface area contributed by atoms with Crippen LogP contribution in [0.25, 0.3) is 0 Å². The Morgan fingerprint density at radius 2 is 2.41 bits per heavy atom. The molecular formula is C14H21NO2. The maximum Gasteiger partial charge on any atom is 0.119 e. The van der Waals surface area contributed by atoms with E-state index in [0.717, 1.165) is 25.2 Å². The van der Waals surface area contributed by atoms with Crippen LogP contribution in [0.5, 0.6) is 5.75 Å². The van der Waals surface area contributed by atoms with Crippen molar-refractivity contribution < 1.29 is 9.47 Å². The third-order valence-electron chi connectivity index (χ3n) is 3.37. The van der Waals surface area contributed by atoms with E-state index < -0.39 is 0 Å². The molecule has 1 aliphatic heterocycles. The monoisotopic (exact) mass is 235 g/mol. The molecule has 1 N–H and O–H groups in total. The second-order valence-corrected chi connectivity index (χ2v) is 4.50. The Hall–Kier alpha value is -1.06. The van der Waals surface area contributed by atoms with Gasteiger partial charge in [0.25, 0.3) is 0 Å². The number of nitrogens with one attached hydrogen (secondary N) is 1. The van der Waals surface area contributed by atoms with E-state index in [1.165, 1.54) is 12.0 Å². The molecule has 1 saturated heterocycles. The van der Waals surface area contributed by atoms with Gasteiger partial charge in [0, 0.05) is 12.6 Å². The topological polar surface area (TPSA) is 30.5 Å². The van der Waals surface area contributed by atoms with Gasteiger partial charge in [-0.25, -0.2) is 0 Å². The normalized spacial score (nSPS) is 21.4. The van der Waals surface area contributed by atoms with E-state index in [9.17, 15) is 0 Å². The quantitative estimate of drug-likeness (QED) is 0.847. The molecule has 1 aromatic rings. The molecule has 0 radical (unpaired) electrons. The summed E-state index contributed by atoms with van der Waals surface area (Å²) in [5, 5.41) is 3.36. The van der Waals surface area contributed by atoms with Gasteiger partial charge in [-0.05, 0) is 44.0 Å². The molecule has 3 nitrogen and oxygen atoms in total. The number of rotatable bonds is 5. The van der Waals surface area contributed by atoms with E-state index in [-0.39, 0.29) is 0 Å². The van der Waals surface area contributed by atoms with E-state index in [2.05, 4.69) is 17.4 Å². The van der Waals surface area contributed by atoms with Gasteiger partial charge in [-0.2, -0.15) is 0 Å². The van der Waals surface area contributed by atoms with E-state index >= 15 is 0 Å². The van der Waals surface area contributed by atoms with Crippen molar-refractivity contribution in [2.45, 2.75) is 31.4 Å². The molecule has 1 aliphatic rings. The minimum atomic E-state index is 0.353. The third-order valence-corrected chi connectivity index (χ3v) is 3.37. The molecule has 1 fully saturated rings. The Balaban J connectivity index is 2.01. The van der Waals surface area contributed by atoms with E-state index in [0.29, 0.717) is 12.1 Å². The van der Waals surface area contributed by atoms with Crippen molar-refractivity contribution in [2.75, 3.05) is 20.8 Å². The van der Waals surface area contributed by atoms with Crippen molar-refractivity contribution in [3.63, 3.8) is 0 Å². The number of ether oxygens (including phenoxy) is 2. The fourth-order valence-electron chi connectivity index (χ4n) is 2.39. The first-order valence-corrected chi connectivity index (χ1v) is 6.25. The maximum absolute atomic E-state index is 5.74. The molecule has 1 heterocycles. The van der Waals surface area contributed by atoms with E-state index in [1.807, 2.05) is 19.2 Å². The lowest BCUT2D eigenvalue weighted by atomic mass is 9.99. The fraction of sp³-hybridized carbons (Fsp3) is 0.571. The van der Waals surface area contributed by atoms with Gasteiger partial charge in [-0.1, -0.05) is 12.1 Å². The first-order chi connectivity index (χ1) is 8.33. The Morgan fingerprint density at radius 3 is 3.06 bits per heavy atom. The van der Waals surface area contributed by atoms with Crippen LogP contribution in [-0.4, -0.2) is 32.9 Å². The molecule has 2 atom stereocenters. The maximum atomic E-state index is 5.74. The highest BCUT2D eigenvalue weighted by Gasteiger charge is 2.24. The lowest BCUT2D eigenvalue weighted by Crippen LogP contribution is -2.39. The molecule has 3 heteroatoms. The van der Waals surface area contributed by atoms with E-state index in [4.69, 9.17) is 9.47 Å². The summed E-state index contributed by atoms with van der Waals surface area (Å²) in [6.07, 6.45) is 3.68. The standard InChI is InChI=1S/C14H21NO2/c1-15-13(14-7-4-8-17-14)10-11-5-3-6-12(9-11)16-2/h3,5-6,9,13-15H,4,7-8,10H2,1-2H3. The average molecular weight is 235 g/mol. The molecule has 2 unspecified atom stereocenters. The highest BCUT2D eigenvalue weighted by molar-refractivity contribution is 5.29. The number of hydrogen-bond acceptors (Lipinski definition) is 3. The molecule has 2 rings (SSSR count). The van der Waals surface area contributed by atoms with Crippen LogP contribution in [0.3, 0.4) is 0 Å². The summed E-state index contributed by atoms with van der Waals surface area (Å²) >= 11 is 0. The van der Waals surface area contributed by atoms with Crippen LogP contribution in [0.4, 0.5) is 0 Å². The van der Waals surface area contributed by atoms with Crippen molar-refractivity contribution in [3.8, 4) is 5.75 Å². The Morgan fingerprint density at radius 1 is 1.53 bits per heavy atom. The van der Waals surface area contributed by atoms with Gasteiger partial charge in [0.05, 0.1) is 13.2 Å². The summed E-state index contributed by atoms with van der Waals surface area (Å²) in [6, 6.07) is 8.64. The number of methoxy groups -OCH3 is 1. The predicted molar refractivity (Wildman–Crippen MR) is 68.5 cm³/mol. The molecule has 0 aliphatic carbocycles. The largest absolute Gasteiger partial charge is 0.497 e. The summed E-state index contributed by atoms with van der Waals surface area (Å²) in [4.78, 5) is 0. The van der Waals surface area contributed by atoms with Gasteiger partial charge in [0.15, 0.2) is 0 Å². The van der Waals surface area contributed by atoms with Crippen LogP contribution in [0.15, 0.2) is 24.3 Å². The fourth-order valence-corrected chi connectivity index (χ4v) is 2.39. The van der Waals surface area contributed by atoms with Crippen LogP contribution in [0.2, 0.25) is 0 Å². The highest BCUT2D eigenvalue weighted by atomic mass is 16.5. The van der Waals surface area contributed by atoms with Crippen LogP contribution < -0.4 is 10.1 Å². The molecule has 0 aromatic heterocycles. The zero-order valence-corrected chi connectivity index (χ0v) is 10.6. The van der Waals surface area contributed by atoms with Gasteiger partial charge in [0.1, 0.15) is 5.75 Å².